The van der Waals surface area contributed by atoms with Gasteiger partial charge in [0.2, 0.25) is 5.91 Å². The fraction of sp³-hybridized carbons (Fsp3) is 0.704. The number of rotatable bonds is 7. The zero-order chi connectivity index (χ0) is 23.2. The van der Waals surface area contributed by atoms with Crippen LogP contribution in [0.2, 0.25) is 0 Å². The van der Waals surface area contributed by atoms with Gasteiger partial charge in [-0.15, -0.1) is 0 Å². The molecule has 1 aromatic carbocycles. The van der Waals surface area contributed by atoms with Crippen molar-refractivity contribution < 1.29 is 19.1 Å². The summed E-state index contributed by atoms with van der Waals surface area (Å²) in [6, 6.07) is 6.24. The average molecular weight is 459 g/mol. The Kier molecular flexibility index (Phi) is 8.53. The first-order chi connectivity index (χ1) is 16.0. The van der Waals surface area contributed by atoms with Crippen molar-refractivity contribution in [1.29, 1.82) is 0 Å². The number of hydrogen-bond donors (Lipinski definition) is 2. The SMILES string of the molecule is O=C(c1ccc(F)cc1)C1CCN(CCC2CCC(NC(=O)[C@H]3CC[C@H](O)CC3)CC2)CC1. The number of carbonyl (C=O) groups is 2. The van der Waals surface area contributed by atoms with E-state index >= 15 is 0 Å². The molecule has 1 aromatic rings. The minimum atomic E-state index is -0.303. The van der Waals surface area contributed by atoms with E-state index in [0.717, 1.165) is 76.9 Å². The zero-order valence-corrected chi connectivity index (χ0v) is 19.7. The van der Waals surface area contributed by atoms with E-state index in [4.69, 9.17) is 0 Å². The van der Waals surface area contributed by atoms with E-state index in [9.17, 15) is 19.1 Å². The first-order valence-corrected chi connectivity index (χ1v) is 13.0. The van der Waals surface area contributed by atoms with Gasteiger partial charge in [-0.1, -0.05) is 0 Å². The number of hydrogen-bond acceptors (Lipinski definition) is 4. The van der Waals surface area contributed by atoms with Crippen molar-refractivity contribution in [2.45, 2.75) is 82.8 Å². The molecule has 0 atom stereocenters. The highest BCUT2D eigenvalue weighted by Gasteiger charge is 2.29. The van der Waals surface area contributed by atoms with E-state index < -0.39 is 0 Å². The van der Waals surface area contributed by atoms with E-state index in [0.29, 0.717) is 11.6 Å². The van der Waals surface area contributed by atoms with Crippen molar-refractivity contribution in [2.24, 2.45) is 17.8 Å². The van der Waals surface area contributed by atoms with Gasteiger partial charge < -0.3 is 15.3 Å². The summed E-state index contributed by atoms with van der Waals surface area (Å²) in [6.45, 7) is 3.00. The second-order valence-corrected chi connectivity index (χ2v) is 10.5. The molecule has 3 fully saturated rings. The Morgan fingerprint density at radius 1 is 0.879 bits per heavy atom. The fourth-order valence-electron chi connectivity index (χ4n) is 5.89. The van der Waals surface area contributed by atoms with Gasteiger partial charge in [0.1, 0.15) is 5.82 Å². The van der Waals surface area contributed by atoms with Crippen LogP contribution in [0.3, 0.4) is 0 Å². The lowest BCUT2D eigenvalue weighted by Gasteiger charge is -2.34. The van der Waals surface area contributed by atoms with Crippen LogP contribution >= 0.6 is 0 Å². The summed E-state index contributed by atoms with van der Waals surface area (Å²) < 4.78 is 13.1. The lowest BCUT2D eigenvalue weighted by atomic mass is 9.82. The van der Waals surface area contributed by atoms with Crippen LogP contribution in [-0.4, -0.2) is 53.5 Å². The number of piperidine rings is 1. The molecule has 0 spiro atoms. The van der Waals surface area contributed by atoms with Gasteiger partial charge in [0, 0.05) is 23.4 Å². The number of nitrogens with one attached hydrogen (secondary N) is 1. The summed E-state index contributed by atoms with van der Waals surface area (Å²) in [6.07, 6.45) is 10.4. The Morgan fingerprint density at radius 2 is 1.52 bits per heavy atom. The molecule has 1 aliphatic heterocycles. The largest absolute Gasteiger partial charge is 0.393 e. The highest BCUT2D eigenvalue weighted by Crippen LogP contribution is 2.30. The maximum atomic E-state index is 13.1. The Hall–Kier alpha value is -1.79. The Morgan fingerprint density at radius 3 is 2.15 bits per heavy atom. The molecule has 0 bridgehead atoms. The predicted octanol–water partition coefficient (Wildman–Crippen LogP) is 4.34. The maximum Gasteiger partial charge on any atom is 0.223 e. The van der Waals surface area contributed by atoms with Gasteiger partial charge in [-0.05, 0) is 120 Å². The molecule has 3 aliphatic rings. The van der Waals surface area contributed by atoms with E-state index in [-0.39, 0.29) is 35.4 Å². The topological polar surface area (TPSA) is 69.6 Å². The summed E-state index contributed by atoms with van der Waals surface area (Å²) >= 11 is 0. The van der Waals surface area contributed by atoms with Crippen molar-refractivity contribution in [3.63, 3.8) is 0 Å². The fourth-order valence-corrected chi connectivity index (χ4v) is 5.89. The molecule has 0 aromatic heterocycles. The molecule has 4 rings (SSSR count). The van der Waals surface area contributed by atoms with E-state index in [1.165, 1.54) is 31.4 Å². The molecule has 2 N–H and O–H groups in total. The molecule has 1 heterocycles. The quantitative estimate of drug-likeness (QED) is 0.597. The van der Waals surface area contributed by atoms with Gasteiger partial charge in [0.15, 0.2) is 5.78 Å². The smallest absolute Gasteiger partial charge is 0.223 e. The highest BCUT2D eigenvalue weighted by molar-refractivity contribution is 5.97. The van der Waals surface area contributed by atoms with E-state index in [2.05, 4.69) is 10.2 Å². The Balaban J connectivity index is 1.11. The molecule has 5 nitrogen and oxygen atoms in total. The minimum Gasteiger partial charge on any atom is -0.393 e. The lowest BCUT2D eigenvalue weighted by molar-refractivity contribution is -0.127. The number of halogens is 1. The average Bonchev–Trinajstić information content (AvgIpc) is 2.84. The highest BCUT2D eigenvalue weighted by atomic mass is 19.1. The van der Waals surface area contributed by atoms with Crippen LogP contribution in [0, 0.1) is 23.6 Å². The molecule has 33 heavy (non-hydrogen) atoms. The Bertz CT molecular complexity index is 775. The van der Waals surface area contributed by atoms with Crippen LogP contribution in [0.1, 0.15) is 81.0 Å². The van der Waals surface area contributed by atoms with Crippen molar-refractivity contribution in [1.82, 2.24) is 10.2 Å². The van der Waals surface area contributed by atoms with Gasteiger partial charge in [-0.25, -0.2) is 4.39 Å². The van der Waals surface area contributed by atoms with E-state index in [1.54, 1.807) is 12.1 Å². The van der Waals surface area contributed by atoms with Crippen LogP contribution in [0.4, 0.5) is 4.39 Å². The number of carbonyl (C=O) groups excluding carboxylic acids is 2. The van der Waals surface area contributed by atoms with Gasteiger partial charge >= 0.3 is 0 Å². The van der Waals surface area contributed by atoms with Gasteiger partial charge in [0.05, 0.1) is 6.10 Å². The lowest BCUT2D eigenvalue weighted by Crippen LogP contribution is -2.42. The van der Waals surface area contributed by atoms with Crippen LogP contribution in [-0.2, 0) is 4.79 Å². The molecule has 0 unspecified atom stereocenters. The second-order valence-electron chi connectivity index (χ2n) is 10.5. The summed E-state index contributed by atoms with van der Waals surface area (Å²) in [5, 5.41) is 12.9. The van der Waals surface area contributed by atoms with Gasteiger partial charge in [0.25, 0.3) is 0 Å². The third-order valence-corrected chi connectivity index (χ3v) is 8.20. The number of benzene rings is 1. The number of likely N-dealkylation sites (tertiary alicyclic amines) is 1. The standard InChI is InChI=1S/C27H39FN2O3/c28-23-7-3-20(4-8-23)26(32)21-14-17-30(18-15-21)16-13-19-1-9-24(10-2-19)29-27(33)22-5-11-25(31)12-6-22/h3-4,7-8,19,21-22,24-25,31H,1-2,5-6,9-18H2,(H,29,33)/t19?,22-,24?,25-. The Labute approximate surface area is 197 Å². The van der Waals surface area contributed by atoms with E-state index in [1.807, 2.05) is 0 Å². The van der Waals surface area contributed by atoms with Crippen molar-refractivity contribution in [3.8, 4) is 0 Å². The predicted molar refractivity (Wildman–Crippen MR) is 126 cm³/mol. The molecule has 2 aliphatic carbocycles. The molecular weight excluding hydrogens is 419 g/mol. The van der Waals surface area contributed by atoms with Gasteiger partial charge in [-0.2, -0.15) is 0 Å². The number of aliphatic hydroxyl groups is 1. The molecular formula is C27H39FN2O3. The van der Waals surface area contributed by atoms with Crippen molar-refractivity contribution in [2.75, 3.05) is 19.6 Å². The minimum absolute atomic E-state index is 0.0539. The zero-order valence-electron chi connectivity index (χ0n) is 19.7. The third kappa shape index (κ3) is 6.86. The first-order valence-electron chi connectivity index (χ1n) is 13.0. The molecule has 0 radical (unpaired) electrons. The molecule has 6 heteroatoms. The molecule has 2 saturated carbocycles. The summed E-state index contributed by atoms with van der Waals surface area (Å²) in [7, 11) is 0. The third-order valence-electron chi connectivity index (χ3n) is 8.20. The maximum absolute atomic E-state index is 13.1. The summed E-state index contributed by atoms with van der Waals surface area (Å²) in [4.78, 5) is 27.7. The second kappa shape index (κ2) is 11.6. The van der Waals surface area contributed by atoms with Crippen molar-refractivity contribution >= 4 is 11.7 Å². The van der Waals surface area contributed by atoms with Crippen LogP contribution in [0.5, 0.6) is 0 Å². The monoisotopic (exact) mass is 458 g/mol. The normalized spacial score (nSPS) is 29.5. The number of ketones is 1. The number of Topliss-reactive ketones (excluding diaryl/α,β-unsaturated/α-hetero) is 1. The number of amides is 1. The van der Waals surface area contributed by atoms with Crippen LogP contribution in [0.15, 0.2) is 24.3 Å². The molecule has 1 amide bonds. The number of aliphatic hydroxyl groups excluding tert-OH is 1. The first kappa shape index (κ1) is 24.3. The summed E-state index contributed by atoms with van der Waals surface area (Å²) in [5.41, 5.74) is 0.625. The van der Waals surface area contributed by atoms with Gasteiger partial charge in [-0.3, -0.25) is 9.59 Å². The summed E-state index contributed by atoms with van der Waals surface area (Å²) in [5.74, 6) is 0.911. The van der Waals surface area contributed by atoms with Crippen LogP contribution < -0.4 is 5.32 Å². The van der Waals surface area contributed by atoms with Crippen molar-refractivity contribution in [3.05, 3.63) is 35.6 Å². The molecule has 1 saturated heterocycles. The van der Waals surface area contributed by atoms with Crippen LogP contribution in [0.25, 0.3) is 0 Å². The molecule has 182 valence electrons. The number of nitrogens with zero attached hydrogens (tertiary/aromatic N) is 1.